The van der Waals surface area contributed by atoms with Crippen LogP contribution in [0.1, 0.15) is 25.0 Å². The number of nitrogens with one attached hydrogen (secondary N) is 5. The van der Waals surface area contributed by atoms with Gasteiger partial charge >= 0.3 is 0 Å². The molecule has 0 saturated carbocycles. The van der Waals surface area contributed by atoms with Crippen LogP contribution in [0.5, 0.6) is 0 Å². The smallest absolute Gasteiger partial charge is 0.240 e. The van der Waals surface area contributed by atoms with Crippen LogP contribution in [0.2, 0.25) is 10.0 Å². The number of aromatic nitrogens is 2. The van der Waals surface area contributed by atoms with Gasteiger partial charge < -0.3 is 5.32 Å². The number of halogens is 2. The standard InChI is InChI=1S/C34H33Cl2N9O4S2/c1-21(23-13-17-26(18-14-23)50(46,47)37-3)42-44-32-30(28-11-8-12-29(35)31(28)36)33(41-34(40-32)39-25-9-6-5-7-10-25)45-43-22(2)24-15-19-27(20-16-24)51(48,49)38-4/h5-20,37-38H,1-4H3,(H3,39,40,41,44,45). The minimum Gasteiger partial charge on any atom is -0.324 e. The molecule has 0 spiro atoms. The molecule has 51 heavy (non-hydrogen) atoms. The molecule has 0 atom stereocenters. The summed E-state index contributed by atoms with van der Waals surface area (Å²) in [6.07, 6.45) is 0. The SMILES string of the molecule is CNS(=O)(=O)c1ccc(C(C)=NNc2nc(Nc3ccccc3)nc(NN=C(C)c3ccc(S(=O)(=O)NC)cc3)c2-c2cccc(Cl)c2Cl)cc1. The van der Waals surface area contributed by atoms with Crippen molar-refractivity contribution in [2.45, 2.75) is 23.6 Å². The zero-order chi connectivity index (χ0) is 36.8. The fourth-order valence-electron chi connectivity index (χ4n) is 4.67. The predicted octanol–water partition coefficient (Wildman–Crippen LogP) is 6.68. The fourth-order valence-corrected chi connectivity index (χ4v) is 6.53. The minimum absolute atomic E-state index is 0.116. The Morgan fingerprint density at radius 3 is 1.55 bits per heavy atom. The third-order valence-corrected chi connectivity index (χ3v) is 11.2. The van der Waals surface area contributed by atoms with Crippen LogP contribution in [0.15, 0.2) is 117 Å². The quantitative estimate of drug-likeness (QED) is 0.0646. The Hall–Kier alpha value is -4.90. The summed E-state index contributed by atoms with van der Waals surface area (Å²) in [7, 11) is -4.53. The number of sulfonamides is 2. The van der Waals surface area contributed by atoms with Crippen molar-refractivity contribution in [1.82, 2.24) is 19.4 Å². The van der Waals surface area contributed by atoms with Gasteiger partial charge in [0.1, 0.15) is 0 Å². The van der Waals surface area contributed by atoms with E-state index in [-0.39, 0.29) is 32.4 Å². The largest absolute Gasteiger partial charge is 0.324 e. The summed E-state index contributed by atoms with van der Waals surface area (Å²) < 4.78 is 53.5. The van der Waals surface area contributed by atoms with Gasteiger partial charge in [0.05, 0.1) is 36.8 Å². The van der Waals surface area contributed by atoms with Gasteiger partial charge in [-0.3, -0.25) is 10.9 Å². The van der Waals surface area contributed by atoms with Crippen molar-refractivity contribution in [3.8, 4) is 11.1 Å². The van der Waals surface area contributed by atoms with Crippen LogP contribution in [0.4, 0.5) is 23.3 Å². The van der Waals surface area contributed by atoms with E-state index < -0.39 is 20.0 Å². The van der Waals surface area contributed by atoms with Crippen LogP contribution in [0, 0.1) is 0 Å². The first kappa shape index (κ1) is 37.4. The molecule has 0 amide bonds. The molecule has 13 nitrogen and oxygen atoms in total. The lowest BCUT2D eigenvalue weighted by atomic mass is 10.1. The Morgan fingerprint density at radius 1 is 0.627 bits per heavy atom. The second kappa shape index (κ2) is 16.0. The van der Waals surface area contributed by atoms with Crippen molar-refractivity contribution in [2.75, 3.05) is 30.3 Å². The number of hydrogen-bond acceptors (Lipinski definition) is 11. The van der Waals surface area contributed by atoms with Gasteiger partial charge in [-0.2, -0.15) is 20.2 Å². The monoisotopic (exact) mass is 765 g/mol. The van der Waals surface area contributed by atoms with Crippen LogP contribution in [0.3, 0.4) is 0 Å². The highest BCUT2D eigenvalue weighted by molar-refractivity contribution is 7.89. The molecule has 0 aliphatic rings. The number of hydrogen-bond donors (Lipinski definition) is 5. The van der Waals surface area contributed by atoms with Crippen molar-refractivity contribution in [2.24, 2.45) is 10.2 Å². The summed E-state index contributed by atoms with van der Waals surface area (Å²) in [6, 6.07) is 27.0. The van der Waals surface area contributed by atoms with E-state index in [9.17, 15) is 16.8 Å². The van der Waals surface area contributed by atoms with Gasteiger partial charge in [-0.15, -0.1) is 0 Å². The number of rotatable bonds is 13. The normalized spacial score (nSPS) is 12.4. The number of benzene rings is 4. The van der Waals surface area contributed by atoms with E-state index in [1.54, 1.807) is 56.3 Å². The maximum atomic E-state index is 12.2. The highest BCUT2D eigenvalue weighted by Gasteiger charge is 2.21. The lowest BCUT2D eigenvalue weighted by molar-refractivity contribution is 0.586. The first-order chi connectivity index (χ1) is 24.3. The van der Waals surface area contributed by atoms with Gasteiger partial charge in [0.25, 0.3) is 0 Å². The molecule has 5 N–H and O–H groups in total. The molecule has 0 bridgehead atoms. The molecular weight excluding hydrogens is 733 g/mol. The van der Waals surface area contributed by atoms with E-state index in [4.69, 9.17) is 33.2 Å². The van der Waals surface area contributed by atoms with E-state index in [1.165, 1.54) is 38.4 Å². The third-order valence-electron chi connectivity index (χ3n) is 7.52. The molecule has 1 aromatic heterocycles. The molecule has 264 valence electrons. The highest BCUT2D eigenvalue weighted by atomic mass is 35.5. The van der Waals surface area contributed by atoms with Crippen LogP contribution in [-0.4, -0.2) is 52.3 Å². The average Bonchev–Trinajstić information content (AvgIpc) is 3.14. The van der Waals surface area contributed by atoms with Gasteiger partial charge in [-0.25, -0.2) is 26.3 Å². The summed E-state index contributed by atoms with van der Waals surface area (Å²) in [5.41, 5.74) is 10.0. The molecule has 5 rings (SSSR count). The van der Waals surface area contributed by atoms with Gasteiger partial charge in [-0.1, -0.05) is 77.8 Å². The van der Waals surface area contributed by atoms with Gasteiger partial charge in [0.2, 0.25) is 26.0 Å². The van der Waals surface area contributed by atoms with E-state index in [1.807, 2.05) is 30.3 Å². The van der Waals surface area contributed by atoms with Crippen molar-refractivity contribution in [1.29, 1.82) is 0 Å². The molecule has 0 fully saturated rings. The van der Waals surface area contributed by atoms with Gasteiger partial charge in [0, 0.05) is 11.3 Å². The zero-order valence-electron chi connectivity index (χ0n) is 27.7. The molecule has 0 unspecified atom stereocenters. The van der Waals surface area contributed by atoms with Crippen LogP contribution in [-0.2, 0) is 20.0 Å². The summed E-state index contributed by atoms with van der Waals surface area (Å²) in [4.78, 5) is 9.72. The molecule has 0 aliphatic heterocycles. The first-order valence-corrected chi connectivity index (χ1v) is 18.9. The second-order valence-corrected chi connectivity index (χ2v) is 15.4. The topological polar surface area (TPSA) is 179 Å². The second-order valence-electron chi connectivity index (χ2n) is 10.8. The Morgan fingerprint density at radius 2 is 1.10 bits per heavy atom. The van der Waals surface area contributed by atoms with E-state index in [0.29, 0.717) is 38.7 Å². The number of nitrogens with zero attached hydrogens (tertiary/aromatic N) is 4. The van der Waals surface area contributed by atoms with E-state index in [2.05, 4.69) is 35.8 Å². The highest BCUT2D eigenvalue weighted by Crippen LogP contribution is 2.41. The molecule has 0 radical (unpaired) electrons. The lowest BCUT2D eigenvalue weighted by Crippen LogP contribution is -2.18. The number of anilines is 4. The summed E-state index contributed by atoms with van der Waals surface area (Å²) in [5, 5.41) is 12.9. The molecule has 5 aromatic rings. The van der Waals surface area contributed by atoms with Crippen LogP contribution in [0.25, 0.3) is 11.1 Å². The number of para-hydroxylation sites is 1. The van der Waals surface area contributed by atoms with E-state index >= 15 is 0 Å². The summed E-state index contributed by atoms with van der Waals surface area (Å²) >= 11 is 13.2. The Kier molecular flexibility index (Phi) is 11.7. The van der Waals surface area contributed by atoms with Crippen molar-refractivity contribution >= 4 is 77.9 Å². The number of hydrazone groups is 2. The van der Waals surface area contributed by atoms with Gasteiger partial charge in [0.15, 0.2) is 11.6 Å². The average molecular weight is 767 g/mol. The molecule has 17 heteroatoms. The maximum absolute atomic E-state index is 12.2. The fraction of sp³-hybridized carbons (Fsp3) is 0.118. The van der Waals surface area contributed by atoms with Crippen molar-refractivity contribution in [3.63, 3.8) is 0 Å². The molecule has 4 aromatic carbocycles. The predicted molar refractivity (Wildman–Crippen MR) is 204 cm³/mol. The third kappa shape index (κ3) is 8.89. The molecular formula is C34H33Cl2N9O4S2. The maximum Gasteiger partial charge on any atom is 0.240 e. The van der Waals surface area contributed by atoms with Crippen molar-refractivity contribution < 1.29 is 16.8 Å². The first-order valence-electron chi connectivity index (χ1n) is 15.2. The molecule has 0 aliphatic carbocycles. The van der Waals surface area contributed by atoms with Crippen molar-refractivity contribution in [3.05, 3.63) is 118 Å². The Bertz CT molecular complexity index is 2210. The van der Waals surface area contributed by atoms with Crippen LogP contribution >= 0.6 is 23.2 Å². The van der Waals surface area contributed by atoms with E-state index in [0.717, 1.165) is 5.69 Å². The molecule has 0 saturated heterocycles. The Labute approximate surface area is 306 Å². The minimum atomic E-state index is -3.61. The summed E-state index contributed by atoms with van der Waals surface area (Å²) in [6.45, 7) is 3.51. The molecule has 1 heterocycles. The zero-order valence-corrected chi connectivity index (χ0v) is 30.9. The lowest BCUT2D eigenvalue weighted by Gasteiger charge is -2.17. The van der Waals surface area contributed by atoms with Crippen LogP contribution < -0.4 is 25.6 Å². The summed E-state index contributed by atoms with van der Waals surface area (Å²) in [5.74, 6) is 0.661. The van der Waals surface area contributed by atoms with Gasteiger partial charge in [-0.05, 0) is 81.5 Å². The Balaban J connectivity index is 1.61.